The number of amides is 1. The Labute approximate surface area is 135 Å². The van der Waals surface area contributed by atoms with E-state index in [-0.39, 0.29) is 18.3 Å². The number of methoxy groups -OCH3 is 1. The number of hydrogen-bond donors (Lipinski definition) is 2. The molecule has 0 saturated carbocycles. The van der Waals surface area contributed by atoms with Crippen LogP contribution in [0.4, 0.5) is 0 Å². The van der Waals surface area contributed by atoms with E-state index in [1.807, 2.05) is 0 Å². The Morgan fingerprint density at radius 3 is 2.76 bits per heavy atom. The van der Waals surface area contributed by atoms with Gasteiger partial charge in [0.2, 0.25) is 5.91 Å². The van der Waals surface area contributed by atoms with Crippen LogP contribution in [0.15, 0.2) is 18.2 Å². The van der Waals surface area contributed by atoms with E-state index in [2.05, 4.69) is 5.32 Å². The molecule has 0 unspecified atom stereocenters. The second-order valence-electron chi connectivity index (χ2n) is 4.87. The Morgan fingerprint density at radius 1 is 1.48 bits per heavy atom. The van der Waals surface area contributed by atoms with Crippen molar-refractivity contribution >= 4 is 29.9 Å². The van der Waals surface area contributed by atoms with Gasteiger partial charge in [0.15, 0.2) is 0 Å². The van der Waals surface area contributed by atoms with E-state index < -0.39 is 5.54 Å². The molecule has 0 radical (unpaired) electrons. The molecule has 1 fully saturated rings. The van der Waals surface area contributed by atoms with Crippen molar-refractivity contribution in [2.24, 2.45) is 5.73 Å². The fourth-order valence-corrected chi connectivity index (χ4v) is 2.44. The van der Waals surface area contributed by atoms with Gasteiger partial charge in [-0.3, -0.25) is 4.79 Å². The lowest BCUT2D eigenvalue weighted by Crippen LogP contribution is -2.56. The third kappa shape index (κ3) is 4.23. The highest BCUT2D eigenvalue weighted by Gasteiger charge is 2.35. The Hall–Kier alpha value is -1.01. The van der Waals surface area contributed by atoms with Gasteiger partial charge in [-0.15, -0.1) is 12.4 Å². The summed E-state index contributed by atoms with van der Waals surface area (Å²) in [6, 6.07) is 5.37. The van der Waals surface area contributed by atoms with Crippen LogP contribution in [0.1, 0.15) is 18.4 Å². The van der Waals surface area contributed by atoms with E-state index in [4.69, 9.17) is 26.8 Å². The largest absolute Gasteiger partial charge is 0.496 e. The van der Waals surface area contributed by atoms with Crippen LogP contribution in [-0.4, -0.2) is 31.8 Å². The van der Waals surface area contributed by atoms with E-state index in [1.165, 1.54) is 0 Å². The summed E-state index contributed by atoms with van der Waals surface area (Å²) >= 11 is 6.13. The highest BCUT2D eigenvalue weighted by Crippen LogP contribution is 2.26. The standard InChI is InChI=1S/C14H19ClN2O3.ClH/c1-19-12-4-2-3-11(15)10(12)9-17-13(18)14(16)5-7-20-8-6-14;/h2-4H,5-9,16H2,1H3,(H,17,18);1H. The third-order valence-electron chi connectivity index (χ3n) is 3.56. The highest BCUT2D eigenvalue weighted by molar-refractivity contribution is 6.31. The monoisotopic (exact) mass is 334 g/mol. The molecule has 1 aliphatic rings. The van der Waals surface area contributed by atoms with E-state index in [0.717, 1.165) is 5.56 Å². The first-order valence-electron chi connectivity index (χ1n) is 6.53. The molecule has 0 aliphatic carbocycles. The zero-order chi connectivity index (χ0) is 14.6. The number of benzene rings is 1. The topological polar surface area (TPSA) is 73.6 Å². The Bertz CT molecular complexity index is 491. The molecule has 5 nitrogen and oxygen atoms in total. The minimum Gasteiger partial charge on any atom is -0.496 e. The van der Waals surface area contributed by atoms with Gasteiger partial charge < -0.3 is 20.5 Å². The average Bonchev–Trinajstić information content (AvgIpc) is 2.46. The maximum Gasteiger partial charge on any atom is 0.240 e. The van der Waals surface area contributed by atoms with Gasteiger partial charge in [-0.1, -0.05) is 17.7 Å². The fourth-order valence-electron chi connectivity index (χ4n) is 2.21. The zero-order valence-corrected chi connectivity index (χ0v) is 13.4. The second kappa shape index (κ2) is 7.84. The van der Waals surface area contributed by atoms with Gasteiger partial charge in [0.25, 0.3) is 0 Å². The normalized spacial score (nSPS) is 16.7. The van der Waals surface area contributed by atoms with Gasteiger partial charge in [0.1, 0.15) is 5.75 Å². The van der Waals surface area contributed by atoms with Gasteiger partial charge in [0.05, 0.1) is 12.6 Å². The molecule has 7 heteroatoms. The number of nitrogens with one attached hydrogen (secondary N) is 1. The van der Waals surface area contributed by atoms with E-state index in [1.54, 1.807) is 25.3 Å². The predicted molar refractivity (Wildman–Crippen MR) is 84.1 cm³/mol. The summed E-state index contributed by atoms with van der Waals surface area (Å²) in [5.74, 6) is 0.471. The summed E-state index contributed by atoms with van der Waals surface area (Å²) in [5.41, 5.74) is 6.02. The maximum atomic E-state index is 12.2. The van der Waals surface area contributed by atoms with E-state index in [9.17, 15) is 4.79 Å². The SMILES string of the molecule is COc1cccc(Cl)c1CNC(=O)C1(N)CCOCC1.Cl. The summed E-state index contributed by atoms with van der Waals surface area (Å²) in [6.07, 6.45) is 1.05. The van der Waals surface area contributed by atoms with Gasteiger partial charge in [-0.2, -0.15) is 0 Å². The Kier molecular flexibility index (Phi) is 6.74. The molecule has 3 N–H and O–H groups in total. The predicted octanol–water partition coefficient (Wildman–Crippen LogP) is 1.89. The van der Waals surface area contributed by atoms with Crippen molar-refractivity contribution in [3.05, 3.63) is 28.8 Å². The van der Waals surface area contributed by atoms with E-state index in [0.29, 0.717) is 43.4 Å². The van der Waals surface area contributed by atoms with Gasteiger partial charge in [-0.25, -0.2) is 0 Å². The summed E-state index contributed by atoms with van der Waals surface area (Å²) in [4.78, 5) is 12.2. The van der Waals surface area contributed by atoms with Gasteiger partial charge >= 0.3 is 0 Å². The third-order valence-corrected chi connectivity index (χ3v) is 3.91. The Morgan fingerprint density at radius 2 is 2.14 bits per heavy atom. The first-order chi connectivity index (χ1) is 9.57. The second-order valence-corrected chi connectivity index (χ2v) is 5.28. The number of ether oxygens (including phenoxy) is 2. The molecular weight excluding hydrogens is 315 g/mol. The van der Waals surface area contributed by atoms with Crippen molar-refractivity contribution in [1.29, 1.82) is 0 Å². The summed E-state index contributed by atoms with van der Waals surface area (Å²) < 4.78 is 10.5. The van der Waals surface area contributed by atoms with Crippen molar-refractivity contribution in [3.8, 4) is 5.75 Å². The number of carbonyl (C=O) groups excluding carboxylic acids is 1. The number of carbonyl (C=O) groups is 1. The van der Waals surface area contributed by atoms with Crippen LogP contribution in [0.5, 0.6) is 5.75 Å². The molecule has 0 spiro atoms. The van der Waals surface area contributed by atoms with Crippen LogP contribution >= 0.6 is 24.0 Å². The van der Waals surface area contributed by atoms with Crippen molar-refractivity contribution < 1.29 is 14.3 Å². The van der Waals surface area contributed by atoms with Crippen LogP contribution < -0.4 is 15.8 Å². The zero-order valence-electron chi connectivity index (χ0n) is 11.9. The molecule has 1 saturated heterocycles. The molecule has 118 valence electrons. The Balaban J connectivity index is 0.00000220. The fraction of sp³-hybridized carbons (Fsp3) is 0.500. The molecule has 0 aromatic heterocycles. The molecule has 21 heavy (non-hydrogen) atoms. The molecular formula is C14H20Cl2N2O3. The summed E-state index contributed by atoms with van der Waals surface area (Å²) in [6.45, 7) is 1.32. The molecule has 1 amide bonds. The van der Waals surface area contributed by atoms with Crippen molar-refractivity contribution in [2.45, 2.75) is 24.9 Å². The summed E-state index contributed by atoms with van der Waals surface area (Å²) in [5, 5.41) is 3.40. The lowest BCUT2D eigenvalue weighted by Gasteiger charge is -2.31. The number of rotatable bonds is 4. The van der Waals surface area contributed by atoms with Crippen LogP contribution in [0.25, 0.3) is 0 Å². The van der Waals surface area contributed by atoms with Crippen LogP contribution in [-0.2, 0) is 16.1 Å². The van der Waals surface area contributed by atoms with Crippen LogP contribution in [0, 0.1) is 0 Å². The lowest BCUT2D eigenvalue weighted by molar-refractivity contribution is -0.129. The average molecular weight is 335 g/mol. The first-order valence-corrected chi connectivity index (χ1v) is 6.91. The van der Waals surface area contributed by atoms with Crippen LogP contribution in [0.2, 0.25) is 5.02 Å². The first kappa shape index (κ1) is 18.0. The maximum absolute atomic E-state index is 12.2. The molecule has 2 rings (SSSR count). The number of halogens is 2. The number of nitrogens with two attached hydrogens (primary N) is 1. The molecule has 1 aromatic carbocycles. The highest BCUT2D eigenvalue weighted by atomic mass is 35.5. The van der Waals surface area contributed by atoms with Gasteiger partial charge in [0, 0.05) is 30.3 Å². The molecule has 0 atom stereocenters. The summed E-state index contributed by atoms with van der Waals surface area (Å²) in [7, 11) is 1.57. The lowest BCUT2D eigenvalue weighted by atomic mass is 9.90. The minimum absolute atomic E-state index is 0. The molecule has 1 heterocycles. The molecule has 0 bridgehead atoms. The van der Waals surface area contributed by atoms with Crippen molar-refractivity contribution in [3.63, 3.8) is 0 Å². The quantitative estimate of drug-likeness (QED) is 0.881. The van der Waals surface area contributed by atoms with E-state index >= 15 is 0 Å². The van der Waals surface area contributed by atoms with Crippen molar-refractivity contribution in [2.75, 3.05) is 20.3 Å². The minimum atomic E-state index is -0.854. The molecule has 1 aliphatic heterocycles. The van der Waals surface area contributed by atoms with Crippen LogP contribution in [0.3, 0.4) is 0 Å². The molecule has 1 aromatic rings. The van der Waals surface area contributed by atoms with Gasteiger partial charge in [-0.05, 0) is 25.0 Å². The van der Waals surface area contributed by atoms with Crippen molar-refractivity contribution in [1.82, 2.24) is 5.32 Å². The smallest absolute Gasteiger partial charge is 0.240 e. The number of hydrogen-bond acceptors (Lipinski definition) is 4.